The van der Waals surface area contributed by atoms with Gasteiger partial charge >= 0.3 is 0 Å². The third-order valence-electron chi connectivity index (χ3n) is 3.84. The second-order valence-corrected chi connectivity index (χ2v) is 6.37. The van der Waals surface area contributed by atoms with Crippen LogP contribution in [0.15, 0.2) is 59.6 Å². The average Bonchev–Trinajstić information content (AvgIpc) is 2.63. The van der Waals surface area contributed by atoms with E-state index < -0.39 is 0 Å². The van der Waals surface area contributed by atoms with Crippen molar-refractivity contribution in [2.45, 2.75) is 32.9 Å². The number of nitrogens with one attached hydrogen (secondary N) is 2. The average molecular weight is 480 g/mol. The van der Waals surface area contributed by atoms with E-state index in [0.29, 0.717) is 19.5 Å². The monoisotopic (exact) mass is 480 g/mol. The quantitative estimate of drug-likeness (QED) is 0.354. The molecule has 0 saturated carbocycles. The second kappa shape index (κ2) is 12.3. The Morgan fingerprint density at radius 2 is 1.67 bits per heavy atom. The molecule has 0 spiro atoms. The van der Waals surface area contributed by atoms with E-state index in [1.54, 1.807) is 0 Å². The lowest BCUT2D eigenvalue weighted by Gasteiger charge is -2.18. The SMILES string of the molecule is CCCC(=O)Nc1ccc(CNC(=NCc2ccccc2)N(C)C)cc1.I. The topological polar surface area (TPSA) is 56.7 Å². The van der Waals surface area contributed by atoms with E-state index in [4.69, 9.17) is 0 Å². The van der Waals surface area contributed by atoms with Gasteiger partial charge in [0, 0.05) is 32.7 Å². The maximum absolute atomic E-state index is 11.6. The minimum atomic E-state index is 0. The van der Waals surface area contributed by atoms with E-state index in [9.17, 15) is 4.79 Å². The fraction of sp³-hybridized carbons (Fsp3) is 0.333. The van der Waals surface area contributed by atoms with Gasteiger partial charge in [-0.1, -0.05) is 49.4 Å². The van der Waals surface area contributed by atoms with Gasteiger partial charge in [-0.05, 0) is 29.7 Å². The van der Waals surface area contributed by atoms with Gasteiger partial charge in [0.25, 0.3) is 0 Å². The first-order valence-corrected chi connectivity index (χ1v) is 8.97. The minimum absolute atomic E-state index is 0. The van der Waals surface area contributed by atoms with Crippen LogP contribution in [0.5, 0.6) is 0 Å². The van der Waals surface area contributed by atoms with Crippen LogP contribution < -0.4 is 10.6 Å². The Kier molecular flexibility index (Phi) is 10.5. The Balaban J connectivity index is 0.00000364. The van der Waals surface area contributed by atoms with Gasteiger partial charge < -0.3 is 15.5 Å². The molecule has 27 heavy (non-hydrogen) atoms. The molecule has 0 heterocycles. The van der Waals surface area contributed by atoms with Crippen LogP contribution in [0.4, 0.5) is 5.69 Å². The molecule has 2 aromatic rings. The highest BCUT2D eigenvalue weighted by Crippen LogP contribution is 2.10. The van der Waals surface area contributed by atoms with Gasteiger partial charge in [-0.25, -0.2) is 4.99 Å². The van der Waals surface area contributed by atoms with Crippen molar-refractivity contribution in [1.29, 1.82) is 0 Å². The standard InChI is InChI=1S/C21H28N4O.HI/c1-4-8-20(26)24-19-13-11-18(12-14-19)16-23-21(25(2)3)22-15-17-9-6-5-7-10-17;/h5-7,9-14H,4,8,15-16H2,1-3H3,(H,22,23)(H,24,26);1H. The molecule has 0 bridgehead atoms. The zero-order valence-electron chi connectivity index (χ0n) is 16.2. The highest BCUT2D eigenvalue weighted by molar-refractivity contribution is 14.0. The normalized spacial score (nSPS) is 10.7. The number of guanidine groups is 1. The summed E-state index contributed by atoms with van der Waals surface area (Å²) in [6.45, 7) is 3.31. The number of nitrogens with zero attached hydrogens (tertiary/aromatic N) is 2. The molecule has 2 aromatic carbocycles. The molecule has 0 atom stereocenters. The third kappa shape index (κ3) is 8.43. The van der Waals surface area contributed by atoms with E-state index in [0.717, 1.165) is 23.6 Å². The zero-order chi connectivity index (χ0) is 18.8. The number of hydrogen-bond donors (Lipinski definition) is 2. The number of anilines is 1. The molecule has 0 fully saturated rings. The van der Waals surface area contributed by atoms with Crippen LogP contribution in [-0.2, 0) is 17.9 Å². The molecule has 0 saturated heterocycles. The Morgan fingerprint density at radius 3 is 2.26 bits per heavy atom. The second-order valence-electron chi connectivity index (χ2n) is 6.37. The maximum Gasteiger partial charge on any atom is 0.224 e. The largest absolute Gasteiger partial charge is 0.352 e. The summed E-state index contributed by atoms with van der Waals surface area (Å²) in [5, 5.41) is 6.28. The van der Waals surface area contributed by atoms with Gasteiger partial charge in [-0.2, -0.15) is 0 Å². The van der Waals surface area contributed by atoms with E-state index in [-0.39, 0.29) is 29.9 Å². The number of aliphatic imine (C=N–C) groups is 1. The van der Waals surface area contributed by atoms with Crippen molar-refractivity contribution in [2.75, 3.05) is 19.4 Å². The van der Waals surface area contributed by atoms with Gasteiger partial charge in [0.05, 0.1) is 6.54 Å². The number of hydrogen-bond acceptors (Lipinski definition) is 2. The first-order valence-electron chi connectivity index (χ1n) is 8.97. The van der Waals surface area contributed by atoms with Crippen molar-refractivity contribution in [1.82, 2.24) is 10.2 Å². The number of rotatable bonds is 7. The lowest BCUT2D eigenvalue weighted by Crippen LogP contribution is -2.36. The number of halogens is 1. The summed E-state index contributed by atoms with van der Waals surface area (Å²) >= 11 is 0. The predicted octanol–water partition coefficient (Wildman–Crippen LogP) is 4.25. The summed E-state index contributed by atoms with van der Waals surface area (Å²) in [4.78, 5) is 18.3. The molecule has 2 rings (SSSR count). The first-order chi connectivity index (χ1) is 12.6. The number of amides is 1. The zero-order valence-corrected chi connectivity index (χ0v) is 18.6. The van der Waals surface area contributed by atoms with Crippen LogP contribution in [0.2, 0.25) is 0 Å². The van der Waals surface area contributed by atoms with Gasteiger partial charge in [0.1, 0.15) is 0 Å². The van der Waals surface area contributed by atoms with Crippen molar-refractivity contribution < 1.29 is 4.79 Å². The van der Waals surface area contributed by atoms with Crippen molar-refractivity contribution in [3.8, 4) is 0 Å². The summed E-state index contributed by atoms with van der Waals surface area (Å²) in [6, 6.07) is 18.1. The van der Waals surface area contributed by atoms with Crippen LogP contribution >= 0.6 is 24.0 Å². The Labute approximate surface area is 179 Å². The lowest BCUT2D eigenvalue weighted by molar-refractivity contribution is -0.116. The fourth-order valence-corrected chi connectivity index (χ4v) is 2.44. The summed E-state index contributed by atoms with van der Waals surface area (Å²) in [7, 11) is 3.95. The van der Waals surface area contributed by atoms with Crippen molar-refractivity contribution in [3.05, 3.63) is 65.7 Å². The molecule has 146 valence electrons. The van der Waals surface area contributed by atoms with Gasteiger partial charge in [0.2, 0.25) is 5.91 Å². The molecule has 0 unspecified atom stereocenters. The fourth-order valence-electron chi connectivity index (χ4n) is 2.44. The third-order valence-corrected chi connectivity index (χ3v) is 3.84. The molecule has 0 aliphatic heterocycles. The molecule has 0 aromatic heterocycles. The molecule has 2 N–H and O–H groups in total. The summed E-state index contributed by atoms with van der Waals surface area (Å²) in [6.07, 6.45) is 1.40. The van der Waals surface area contributed by atoms with E-state index >= 15 is 0 Å². The maximum atomic E-state index is 11.6. The van der Waals surface area contributed by atoms with Gasteiger partial charge in [-0.15, -0.1) is 24.0 Å². The van der Waals surface area contributed by atoms with Crippen LogP contribution in [0.25, 0.3) is 0 Å². The minimum Gasteiger partial charge on any atom is -0.352 e. The molecule has 0 aliphatic rings. The number of carbonyl (C=O) groups excluding carboxylic acids is 1. The smallest absolute Gasteiger partial charge is 0.224 e. The molecule has 5 nitrogen and oxygen atoms in total. The summed E-state index contributed by atoms with van der Waals surface area (Å²) in [5.74, 6) is 0.899. The van der Waals surface area contributed by atoms with Crippen LogP contribution in [0.3, 0.4) is 0 Å². The van der Waals surface area contributed by atoms with Gasteiger partial charge in [-0.3, -0.25) is 4.79 Å². The van der Waals surface area contributed by atoms with E-state index in [2.05, 4.69) is 27.8 Å². The first kappa shape index (κ1) is 23.0. The predicted molar refractivity (Wildman–Crippen MR) is 124 cm³/mol. The molecule has 0 radical (unpaired) electrons. The van der Waals surface area contributed by atoms with Crippen LogP contribution in [0.1, 0.15) is 30.9 Å². The summed E-state index contributed by atoms with van der Waals surface area (Å²) < 4.78 is 0. The van der Waals surface area contributed by atoms with Gasteiger partial charge in [0.15, 0.2) is 5.96 Å². The molecule has 6 heteroatoms. The van der Waals surface area contributed by atoms with Crippen LogP contribution in [-0.4, -0.2) is 30.9 Å². The van der Waals surface area contributed by atoms with Crippen molar-refractivity contribution >= 4 is 41.5 Å². The van der Waals surface area contributed by atoms with Crippen molar-refractivity contribution in [3.63, 3.8) is 0 Å². The number of benzene rings is 2. The molecular formula is C21H29IN4O. The molecule has 0 aliphatic carbocycles. The number of carbonyl (C=O) groups is 1. The summed E-state index contributed by atoms with van der Waals surface area (Å²) in [5.41, 5.74) is 3.14. The Bertz CT molecular complexity index is 715. The Morgan fingerprint density at radius 1 is 1.00 bits per heavy atom. The van der Waals surface area contributed by atoms with E-state index in [1.165, 1.54) is 5.56 Å². The van der Waals surface area contributed by atoms with Crippen molar-refractivity contribution in [2.24, 2.45) is 4.99 Å². The van der Waals surface area contributed by atoms with Crippen LogP contribution in [0, 0.1) is 0 Å². The Hall–Kier alpha value is -2.09. The van der Waals surface area contributed by atoms with E-state index in [1.807, 2.05) is 68.4 Å². The lowest BCUT2D eigenvalue weighted by atomic mass is 10.2. The molecule has 1 amide bonds. The highest BCUT2D eigenvalue weighted by atomic mass is 127. The highest BCUT2D eigenvalue weighted by Gasteiger charge is 2.04. The molecular weight excluding hydrogens is 451 g/mol.